The topological polar surface area (TPSA) is 56.1 Å². The average Bonchev–Trinajstić information content (AvgIpc) is 2.63. The molecule has 0 bridgehead atoms. The zero-order valence-electron chi connectivity index (χ0n) is 14.3. The van der Waals surface area contributed by atoms with Crippen LogP contribution in [-0.2, 0) is 6.54 Å². The number of rotatable bonds is 4. The van der Waals surface area contributed by atoms with Gasteiger partial charge in [-0.3, -0.25) is 4.90 Å². The summed E-state index contributed by atoms with van der Waals surface area (Å²) in [6, 6.07) is 10.5. The van der Waals surface area contributed by atoms with Gasteiger partial charge in [0.25, 0.3) is 0 Å². The minimum atomic E-state index is 0.491. The van der Waals surface area contributed by atoms with E-state index in [9.17, 15) is 0 Å². The smallest absolute Gasteiger partial charge is 0.225 e. The van der Waals surface area contributed by atoms with Gasteiger partial charge in [0.15, 0.2) is 0 Å². The maximum atomic E-state index is 8.86. The molecule has 1 aromatic heterocycles. The van der Waals surface area contributed by atoms with E-state index in [0.717, 1.165) is 49.6 Å². The summed E-state index contributed by atoms with van der Waals surface area (Å²) in [5.74, 6) is 0.811. The molecule has 0 atom stereocenters. The molecule has 1 aliphatic rings. The number of hydrogen-bond acceptors (Lipinski definition) is 5. The molecule has 3 rings (SSSR count). The van der Waals surface area contributed by atoms with Gasteiger partial charge in [0.1, 0.15) is 0 Å². The highest BCUT2D eigenvalue weighted by atomic mass is 15.3. The summed E-state index contributed by atoms with van der Waals surface area (Å²) >= 11 is 0. The molecule has 1 aliphatic heterocycles. The molecule has 0 unspecified atom stereocenters. The molecule has 124 valence electrons. The Hall–Kier alpha value is -2.45. The van der Waals surface area contributed by atoms with Crippen LogP contribution in [0.15, 0.2) is 36.7 Å². The van der Waals surface area contributed by atoms with Gasteiger partial charge in [-0.2, -0.15) is 5.26 Å². The summed E-state index contributed by atoms with van der Waals surface area (Å²) in [5.41, 5.74) is 3.07. The predicted octanol–water partition coefficient (Wildman–Crippen LogP) is 2.76. The summed E-state index contributed by atoms with van der Waals surface area (Å²) in [6.45, 7) is 5.09. The molecular weight excluding hydrogens is 298 g/mol. The monoisotopic (exact) mass is 321 g/mol. The van der Waals surface area contributed by atoms with Crippen LogP contribution in [-0.4, -0.2) is 41.0 Å². The van der Waals surface area contributed by atoms with Crippen LogP contribution in [0.2, 0.25) is 0 Å². The Morgan fingerprint density at radius 1 is 1.17 bits per heavy atom. The third-order valence-corrected chi connectivity index (χ3v) is 4.68. The molecule has 0 N–H and O–H groups in total. The fourth-order valence-electron chi connectivity index (χ4n) is 3.14. The van der Waals surface area contributed by atoms with E-state index in [2.05, 4.69) is 45.0 Å². The van der Waals surface area contributed by atoms with Crippen molar-refractivity contribution in [1.82, 2.24) is 14.9 Å². The van der Waals surface area contributed by atoms with E-state index in [0.29, 0.717) is 6.04 Å². The summed E-state index contributed by atoms with van der Waals surface area (Å²) in [7, 11) is 2.09. The van der Waals surface area contributed by atoms with Crippen molar-refractivity contribution in [3.05, 3.63) is 53.3 Å². The van der Waals surface area contributed by atoms with Crippen molar-refractivity contribution in [2.24, 2.45) is 0 Å². The number of anilines is 1. The van der Waals surface area contributed by atoms with E-state index in [1.807, 2.05) is 31.5 Å². The lowest BCUT2D eigenvalue weighted by Gasteiger charge is -2.36. The Bertz CT molecular complexity index is 694. The van der Waals surface area contributed by atoms with Gasteiger partial charge in [0.05, 0.1) is 11.6 Å². The van der Waals surface area contributed by atoms with Crippen LogP contribution in [0.5, 0.6) is 0 Å². The largest absolute Gasteiger partial charge is 0.341 e. The molecule has 5 nitrogen and oxygen atoms in total. The molecular formula is C19H23N5. The number of piperidine rings is 1. The predicted molar refractivity (Wildman–Crippen MR) is 94.6 cm³/mol. The Kier molecular flexibility index (Phi) is 5.07. The zero-order chi connectivity index (χ0) is 16.9. The Balaban J connectivity index is 1.53. The highest BCUT2D eigenvalue weighted by Crippen LogP contribution is 2.20. The van der Waals surface area contributed by atoms with Crippen LogP contribution >= 0.6 is 0 Å². The van der Waals surface area contributed by atoms with Crippen molar-refractivity contribution in [3.8, 4) is 6.07 Å². The SMILES string of the molecule is Cc1cnc(N(C)C2CCN(Cc3ccc(C#N)cc3)CC2)nc1. The third-order valence-electron chi connectivity index (χ3n) is 4.68. The van der Waals surface area contributed by atoms with Gasteiger partial charge in [-0.1, -0.05) is 12.1 Å². The molecule has 0 amide bonds. The van der Waals surface area contributed by atoms with Crippen molar-refractivity contribution >= 4 is 5.95 Å². The van der Waals surface area contributed by atoms with Crippen LogP contribution in [0, 0.1) is 18.3 Å². The second-order valence-corrected chi connectivity index (χ2v) is 6.49. The number of nitriles is 1. The van der Waals surface area contributed by atoms with Gasteiger partial charge in [-0.05, 0) is 43.0 Å². The third kappa shape index (κ3) is 3.90. The van der Waals surface area contributed by atoms with Crippen LogP contribution in [0.4, 0.5) is 5.95 Å². The Labute approximate surface area is 143 Å². The highest BCUT2D eigenvalue weighted by Gasteiger charge is 2.23. The van der Waals surface area contributed by atoms with E-state index in [1.165, 1.54) is 5.56 Å². The van der Waals surface area contributed by atoms with Crippen molar-refractivity contribution in [2.75, 3.05) is 25.0 Å². The summed E-state index contributed by atoms with van der Waals surface area (Å²) in [5, 5.41) is 8.86. The number of aromatic nitrogens is 2. The molecule has 5 heteroatoms. The van der Waals surface area contributed by atoms with Gasteiger partial charge in [0, 0.05) is 45.1 Å². The standard InChI is InChI=1S/C19H23N5/c1-15-12-21-19(22-13-15)23(2)18-7-9-24(10-8-18)14-17-5-3-16(11-20)4-6-17/h3-6,12-13,18H,7-10,14H2,1-2H3. The first-order chi connectivity index (χ1) is 11.7. The van der Waals surface area contributed by atoms with Crippen LogP contribution < -0.4 is 4.90 Å². The maximum absolute atomic E-state index is 8.86. The lowest BCUT2D eigenvalue weighted by molar-refractivity contribution is 0.203. The average molecular weight is 321 g/mol. The maximum Gasteiger partial charge on any atom is 0.225 e. The minimum absolute atomic E-state index is 0.491. The van der Waals surface area contributed by atoms with Gasteiger partial charge in [-0.25, -0.2) is 9.97 Å². The van der Waals surface area contributed by atoms with E-state index in [4.69, 9.17) is 5.26 Å². The van der Waals surface area contributed by atoms with E-state index in [1.54, 1.807) is 0 Å². The molecule has 2 heterocycles. The van der Waals surface area contributed by atoms with Crippen LogP contribution in [0.3, 0.4) is 0 Å². The lowest BCUT2D eigenvalue weighted by Crippen LogP contribution is -2.43. The molecule has 0 saturated carbocycles. The first-order valence-corrected chi connectivity index (χ1v) is 8.38. The quantitative estimate of drug-likeness (QED) is 0.866. The highest BCUT2D eigenvalue weighted by molar-refractivity contribution is 5.32. The molecule has 24 heavy (non-hydrogen) atoms. The van der Waals surface area contributed by atoms with E-state index < -0.39 is 0 Å². The summed E-state index contributed by atoms with van der Waals surface area (Å²) in [6.07, 6.45) is 5.98. The minimum Gasteiger partial charge on any atom is -0.341 e. The normalized spacial score (nSPS) is 15.9. The second kappa shape index (κ2) is 7.41. The van der Waals surface area contributed by atoms with Gasteiger partial charge in [-0.15, -0.1) is 0 Å². The van der Waals surface area contributed by atoms with Crippen molar-refractivity contribution in [1.29, 1.82) is 5.26 Å². The number of likely N-dealkylation sites (tertiary alicyclic amines) is 1. The van der Waals surface area contributed by atoms with Crippen molar-refractivity contribution < 1.29 is 0 Å². The van der Waals surface area contributed by atoms with Crippen molar-refractivity contribution in [2.45, 2.75) is 32.4 Å². The van der Waals surface area contributed by atoms with Gasteiger partial charge >= 0.3 is 0 Å². The number of benzene rings is 1. The molecule has 0 aliphatic carbocycles. The number of hydrogen-bond donors (Lipinski definition) is 0. The molecule has 1 aromatic carbocycles. The van der Waals surface area contributed by atoms with E-state index in [-0.39, 0.29) is 0 Å². The van der Waals surface area contributed by atoms with Gasteiger partial charge in [0.2, 0.25) is 5.95 Å². The first-order valence-electron chi connectivity index (χ1n) is 8.38. The molecule has 0 radical (unpaired) electrons. The summed E-state index contributed by atoms with van der Waals surface area (Å²) in [4.78, 5) is 13.5. The zero-order valence-corrected chi connectivity index (χ0v) is 14.3. The number of nitrogens with zero attached hydrogens (tertiary/aromatic N) is 5. The van der Waals surface area contributed by atoms with Crippen LogP contribution in [0.1, 0.15) is 29.5 Å². The first kappa shape index (κ1) is 16.4. The number of aryl methyl sites for hydroxylation is 1. The Morgan fingerprint density at radius 3 is 2.38 bits per heavy atom. The Morgan fingerprint density at radius 2 is 1.79 bits per heavy atom. The molecule has 1 fully saturated rings. The summed E-state index contributed by atoms with van der Waals surface area (Å²) < 4.78 is 0. The van der Waals surface area contributed by atoms with Gasteiger partial charge < -0.3 is 4.90 Å². The molecule has 2 aromatic rings. The van der Waals surface area contributed by atoms with Crippen molar-refractivity contribution in [3.63, 3.8) is 0 Å². The van der Waals surface area contributed by atoms with Crippen LogP contribution in [0.25, 0.3) is 0 Å². The fourth-order valence-corrected chi connectivity index (χ4v) is 3.14. The second-order valence-electron chi connectivity index (χ2n) is 6.49. The molecule has 1 saturated heterocycles. The fraction of sp³-hybridized carbons (Fsp3) is 0.421. The molecule has 0 spiro atoms. The van der Waals surface area contributed by atoms with E-state index >= 15 is 0 Å². The lowest BCUT2D eigenvalue weighted by atomic mass is 10.0.